The zero-order valence-corrected chi connectivity index (χ0v) is 13.2. The van der Waals surface area contributed by atoms with E-state index in [1.807, 2.05) is 0 Å². The van der Waals surface area contributed by atoms with Crippen LogP contribution < -0.4 is 11.1 Å². The molecule has 4 nitrogen and oxygen atoms in total. The summed E-state index contributed by atoms with van der Waals surface area (Å²) in [7, 11) is 0. The van der Waals surface area contributed by atoms with E-state index >= 15 is 0 Å². The Labute approximate surface area is 119 Å². The Morgan fingerprint density at radius 1 is 1.21 bits per heavy atom. The van der Waals surface area contributed by atoms with Gasteiger partial charge in [0.05, 0.1) is 0 Å². The molecular weight excluding hydrogens is 238 g/mol. The monoisotopic (exact) mass is 271 g/mol. The second-order valence-corrected chi connectivity index (χ2v) is 5.21. The highest BCUT2D eigenvalue weighted by molar-refractivity contribution is 5.76. The van der Waals surface area contributed by atoms with Gasteiger partial charge in [-0.1, -0.05) is 40.5 Å². The Morgan fingerprint density at radius 2 is 1.84 bits per heavy atom. The molecule has 0 spiro atoms. The molecule has 0 bridgehead atoms. The number of amides is 1. The van der Waals surface area contributed by atoms with Crippen LogP contribution in [-0.4, -0.2) is 43.0 Å². The topological polar surface area (TPSA) is 58.4 Å². The molecule has 114 valence electrons. The van der Waals surface area contributed by atoms with E-state index in [1.165, 1.54) is 12.8 Å². The fourth-order valence-corrected chi connectivity index (χ4v) is 2.33. The van der Waals surface area contributed by atoms with Crippen molar-refractivity contribution in [2.45, 2.75) is 59.4 Å². The number of nitrogens with one attached hydrogen (secondary N) is 1. The smallest absolute Gasteiger partial charge is 0.221 e. The van der Waals surface area contributed by atoms with Gasteiger partial charge >= 0.3 is 0 Å². The SMILES string of the molecule is CCCNC(=O)CC(CN)N(CC)CC(CC)CC. The molecule has 0 fully saturated rings. The number of hydrogen-bond acceptors (Lipinski definition) is 3. The highest BCUT2D eigenvalue weighted by Gasteiger charge is 2.20. The minimum absolute atomic E-state index is 0.125. The van der Waals surface area contributed by atoms with E-state index in [0.717, 1.165) is 26.1 Å². The van der Waals surface area contributed by atoms with Crippen LogP contribution in [0, 0.1) is 5.92 Å². The van der Waals surface area contributed by atoms with E-state index < -0.39 is 0 Å². The van der Waals surface area contributed by atoms with Crippen molar-refractivity contribution in [1.82, 2.24) is 10.2 Å². The third-order valence-electron chi connectivity index (χ3n) is 3.84. The van der Waals surface area contributed by atoms with E-state index in [2.05, 4.69) is 37.9 Å². The molecule has 0 aromatic rings. The molecule has 1 amide bonds. The first kappa shape index (κ1) is 18.4. The molecule has 0 rings (SSSR count). The average molecular weight is 271 g/mol. The van der Waals surface area contributed by atoms with Crippen LogP contribution in [0.1, 0.15) is 53.4 Å². The maximum Gasteiger partial charge on any atom is 0.221 e. The first-order chi connectivity index (χ1) is 9.12. The first-order valence-corrected chi connectivity index (χ1v) is 7.83. The Kier molecular flexibility index (Phi) is 10.9. The van der Waals surface area contributed by atoms with Gasteiger partial charge in [0, 0.05) is 32.1 Å². The van der Waals surface area contributed by atoms with Crippen molar-refractivity contribution in [1.29, 1.82) is 0 Å². The summed E-state index contributed by atoms with van der Waals surface area (Å²) in [6.45, 7) is 12.0. The van der Waals surface area contributed by atoms with Crippen LogP contribution in [0.15, 0.2) is 0 Å². The zero-order valence-electron chi connectivity index (χ0n) is 13.2. The van der Waals surface area contributed by atoms with Crippen molar-refractivity contribution >= 4 is 5.91 Å². The molecule has 0 radical (unpaired) electrons. The average Bonchev–Trinajstić information content (AvgIpc) is 2.44. The molecule has 1 unspecified atom stereocenters. The first-order valence-electron chi connectivity index (χ1n) is 7.83. The van der Waals surface area contributed by atoms with E-state index in [4.69, 9.17) is 5.73 Å². The predicted molar refractivity (Wildman–Crippen MR) is 82.1 cm³/mol. The Bertz CT molecular complexity index is 229. The molecule has 0 aliphatic heterocycles. The quantitative estimate of drug-likeness (QED) is 0.604. The van der Waals surface area contributed by atoms with Crippen molar-refractivity contribution in [2.24, 2.45) is 11.7 Å². The molecule has 3 N–H and O–H groups in total. The number of carbonyl (C=O) groups is 1. The molecule has 4 heteroatoms. The molecule has 1 atom stereocenters. The molecule has 0 aromatic carbocycles. The maximum absolute atomic E-state index is 11.8. The lowest BCUT2D eigenvalue weighted by Crippen LogP contribution is -2.45. The van der Waals surface area contributed by atoms with Crippen molar-refractivity contribution in [3.05, 3.63) is 0 Å². The van der Waals surface area contributed by atoms with Crippen molar-refractivity contribution < 1.29 is 4.79 Å². The lowest BCUT2D eigenvalue weighted by atomic mass is 10.0. The third kappa shape index (κ3) is 7.53. The van der Waals surface area contributed by atoms with E-state index in [-0.39, 0.29) is 11.9 Å². The number of nitrogens with zero attached hydrogens (tertiary/aromatic N) is 1. The summed E-state index contributed by atoms with van der Waals surface area (Å²) in [6.07, 6.45) is 3.87. The van der Waals surface area contributed by atoms with E-state index in [0.29, 0.717) is 18.9 Å². The summed E-state index contributed by atoms with van der Waals surface area (Å²) < 4.78 is 0. The summed E-state index contributed by atoms with van der Waals surface area (Å²) in [4.78, 5) is 14.2. The summed E-state index contributed by atoms with van der Waals surface area (Å²) in [5, 5.41) is 2.94. The van der Waals surface area contributed by atoms with Crippen LogP contribution in [-0.2, 0) is 4.79 Å². The number of rotatable bonds is 11. The van der Waals surface area contributed by atoms with Gasteiger partial charge in [-0.15, -0.1) is 0 Å². The van der Waals surface area contributed by atoms with Gasteiger partial charge in [-0.2, -0.15) is 0 Å². The maximum atomic E-state index is 11.8. The van der Waals surface area contributed by atoms with E-state index in [1.54, 1.807) is 0 Å². The van der Waals surface area contributed by atoms with Gasteiger partial charge in [-0.05, 0) is 18.9 Å². The molecule has 0 saturated carbocycles. The van der Waals surface area contributed by atoms with Crippen LogP contribution in [0.4, 0.5) is 0 Å². The summed E-state index contributed by atoms with van der Waals surface area (Å²) in [6, 6.07) is 0.169. The Morgan fingerprint density at radius 3 is 2.26 bits per heavy atom. The minimum Gasteiger partial charge on any atom is -0.356 e. The van der Waals surface area contributed by atoms with Crippen LogP contribution in [0.3, 0.4) is 0 Å². The van der Waals surface area contributed by atoms with Crippen LogP contribution in [0.25, 0.3) is 0 Å². The fraction of sp³-hybridized carbons (Fsp3) is 0.933. The standard InChI is InChI=1S/C15H33N3O/c1-5-9-17-15(19)10-14(11-16)18(8-4)12-13(6-2)7-3/h13-14H,5-12,16H2,1-4H3,(H,17,19). The van der Waals surface area contributed by atoms with Crippen molar-refractivity contribution in [3.8, 4) is 0 Å². The molecular formula is C15H33N3O. The van der Waals surface area contributed by atoms with Gasteiger partial charge in [0.2, 0.25) is 5.91 Å². The van der Waals surface area contributed by atoms with Gasteiger partial charge in [-0.25, -0.2) is 0 Å². The van der Waals surface area contributed by atoms with Gasteiger partial charge in [0.15, 0.2) is 0 Å². The molecule has 0 heterocycles. The van der Waals surface area contributed by atoms with Crippen LogP contribution in [0.2, 0.25) is 0 Å². The van der Waals surface area contributed by atoms with Gasteiger partial charge < -0.3 is 11.1 Å². The largest absolute Gasteiger partial charge is 0.356 e. The van der Waals surface area contributed by atoms with Gasteiger partial charge in [0.1, 0.15) is 0 Å². The normalized spacial score (nSPS) is 13.0. The summed E-state index contributed by atoms with van der Waals surface area (Å²) in [5.74, 6) is 0.827. The number of carbonyl (C=O) groups excluding carboxylic acids is 1. The second-order valence-electron chi connectivity index (χ2n) is 5.21. The predicted octanol–water partition coefficient (Wildman–Crippen LogP) is 1.99. The Balaban J connectivity index is 4.38. The van der Waals surface area contributed by atoms with Gasteiger partial charge in [0.25, 0.3) is 0 Å². The van der Waals surface area contributed by atoms with Crippen LogP contribution in [0.5, 0.6) is 0 Å². The number of likely N-dealkylation sites (N-methyl/N-ethyl adjacent to an activating group) is 1. The van der Waals surface area contributed by atoms with Gasteiger partial charge in [-0.3, -0.25) is 9.69 Å². The summed E-state index contributed by atoms with van der Waals surface area (Å²) >= 11 is 0. The molecule has 0 aliphatic rings. The lowest BCUT2D eigenvalue weighted by Gasteiger charge is -2.32. The highest BCUT2D eigenvalue weighted by atomic mass is 16.1. The Hall–Kier alpha value is -0.610. The third-order valence-corrected chi connectivity index (χ3v) is 3.84. The summed E-state index contributed by atoms with van der Waals surface area (Å²) in [5.41, 5.74) is 5.86. The fourth-order valence-electron chi connectivity index (χ4n) is 2.33. The van der Waals surface area contributed by atoms with Crippen molar-refractivity contribution in [2.75, 3.05) is 26.2 Å². The molecule has 19 heavy (non-hydrogen) atoms. The van der Waals surface area contributed by atoms with Crippen LogP contribution >= 0.6 is 0 Å². The van der Waals surface area contributed by atoms with E-state index in [9.17, 15) is 4.79 Å². The lowest BCUT2D eigenvalue weighted by molar-refractivity contribution is -0.122. The van der Waals surface area contributed by atoms with Crippen molar-refractivity contribution in [3.63, 3.8) is 0 Å². The minimum atomic E-state index is 0.125. The molecule has 0 aliphatic carbocycles. The zero-order chi connectivity index (χ0) is 14.7. The number of hydrogen-bond donors (Lipinski definition) is 2. The second kappa shape index (κ2) is 11.2. The molecule has 0 saturated heterocycles. The number of nitrogens with two attached hydrogens (primary N) is 1. The highest BCUT2D eigenvalue weighted by Crippen LogP contribution is 2.13. The molecule has 0 aromatic heterocycles.